The summed E-state index contributed by atoms with van der Waals surface area (Å²) < 4.78 is 0. The predicted molar refractivity (Wildman–Crippen MR) is 74.2 cm³/mol. The smallest absolute Gasteiger partial charge is 0.216 e. The summed E-state index contributed by atoms with van der Waals surface area (Å²) in [4.78, 5) is 10.6. The van der Waals surface area contributed by atoms with Gasteiger partial charge in [-0.15, -0.1) is 0 Å². The molecule has 0 saturated carbocycles. The Morgan fingerprint density at radius 2 is 2.06 bits per heavy atom. The molecule has 3 nitrogen and oxygen atoms in total. The first-order valence-electron chi connectivity index (χ1n) is 6.33. The Morgan fingerprint density at radius 1 is 1.33 bits per heavy atom. The number of carbonyl (C=O) groups excluding carboxylic acids is 1. The van der Waals surface area contributed by atoms with Crippen molar-refractivity contribution >= 4 is 12.0 Å². The topological polar surface area (TPSA) is 49.3 Å². The molecule has 0 aliphatic heterocycles. The number of benzene rings is 1. The van der Waals surface area contributed by atoms with Crippen LogP contribution in [0, 0.1) is 0 Å². The van der Waals surface area contributed by atoms with Crippen LogP contribution in [0.1, 0.15) is 30.9 Å². The zero-order valence-electron chi connectivity index (χ0n) is 10.9. The van der Waals surface area contributed by atoms with Crippen molar-refractivity contribution in [2.45, 2.75) is 26.2 Å². The molecule has 0 aliphatic rings. The van der Waals surface area contributed by atoms with Gasteiger partial charge in [-0.1, -0.05) is 36.4 Å². The molecule has 0 aliphatic carbocycles. The molecule has 2 N–H and O–H groups in total. The first-order chi connectivity index (χ1) is 8.72. The number of aliphatic hydroxyl groups is 1. The van der Waals surface area contributed by atoms with Gasteiger partial charge in [0, 0.05) is 20.1 Å². The molecule has 0 saturated heterocycles. The van der Waals surface area contributed by atoms with Crippen LogP contribution >= 0.6 is 0 Å². The summed E-state index contributed by atoms with van der Waals surface area (Å²) in [6.45, 7) is 2.44. The van der Waals surface area contributed by atoms with Crippen LogP contribution in [-0.4, -0.2) is 24.2 Å². The minimum atomic E-state index is 0.0108. The van der Waals surface area contributed by atoms with Crippen molar-refractivity contribution < 1.29 is 9.90 Å². The first-order valence-corrected chi connectivity index (χ1v) is 6.33. The molecule has 18 heavy (non-hydrogen) atoms. The third kappa shape index (κ3) is 6.21. The van der Waals surface area contributed by atoms with Gasteiger partial charge in [-0.2, -0.15) is 0 Å². The molecule has 0 heterocycles. The summed E-state index contributed by atoms with van der Waals surface area (Å²) in [7, 11) is 0. The predicted octanol–water partition coefficient (Wildman–Crippen LogP) is 2.15. The van der Waals surface area contributed by atoms with Crippen molar-refractivity contribution in [3.63, 3.8) is 0 Å². The van der Waals surface area contributed by atoms with Crippen molar-refractivity contribution in [2.75, 3.05) is 13.2 Å². The number of hydrogen-bond acceptors (Lipinski definition) is 2. The second-order valence-electron chi connectivity index (χ2n) is 4.24. The van der Waals surface area contributed by atoms with Crippen molar-refractivity contribution in [2.24, 2.45) is 0 Å². The number of amides is 1. The molecule has 0 bridgehead atoms. The molecule has 1 aromatic rings. The highest BCUT2D eigenvalue weighted by Crippen LogP contribution is 2.08. The molecule has 0 unspecified atom stereocenters. The molecule has 98 valence electrons. The van der Waals surface area contributed by atoms with E-state index in [1.807, 2.05) is 0 Å². The third-order valence-electron chi connectivity index (χ3n) is 2.60. The number of nitrogens with one attached hydrogen (secondary N) is 1. The lowest BCUT2D eigenvalue weighted by Crippen LogP contribution is -2.20. The maximum atomic E-state index is 10.6. The highest BCUT2D eigenvalue weighted by atomic mass is 16.2. The molecule has 1 rings (SSSR count). The van der Waals surface area contributed by atoms with E-state index in [4.69, 9.17) is 5.11 Å². The van der Waals surface area contributed by atoms with Crippen LogP contribution in [0.4, 0.5) is 0 Å². The van der Waals surface area contributed by atoms with Gasteiger partial charge in [0.05, 0.1) is 0 Å². The Balaban J connectivity index is 2.33. The molecule has 0 spiro atoms. The monoisotopic (exact) mass is 247 g/mol. The van der Waals surface area contributed by atoms with Gasteiger partial charge in [0.1, 0.15) is 0 Å². The molecule has 0 atom stereocenters. The van der Waals surface area contributed by atoms with E-state index in [0.717, 1.165) is 24.8 Å². The number of hydrogen-bond donors (Lipinski definition) is 2. The molecule has 1 aromatic carbocycles. The average molecular weight is 247 g/mol. The first kappa shape index (κ1) is 14.5. The van der Waals surface area contributed by atoms with Gasteiger partial charge >= 0.3 is 0 Å². The standard InChI is InChI=1S/C15H21NO2/c1-13(18)16-11-3-2-5-14-7-9-15(10-8-14)6-4-12-17/h2,5,7-10,17H,3-4,6,11-12H2,1H3,(H,16,18). The average Bonchev–Trinajstić information content (AvgIpc) is 2.37. The Bertz CT molecular complexity index is 382. The molecule has 0 fully saturated rings. The lowest BCUT2D eigenvalue weighted by Gasteiger charge is -2.00. The van der Waals surface area contributed by atoms with Crippen LogP contribution in [0.5, 0.6) is 0 Å². The lowest BCUT2D eigenvalue weighted by atomic mass is 10.1. The second kappa shape index (κ2) is 8.48. The number of carbonyl (C=O) groups is 1. The second-order valence-corrected chi connectivity index (χ2v) is 4.24. The highest BCUT2D eigenvalue weighted by molar-refractivity contribution is 5.72. The number of rotatable bonds is 7. The SMILES string of the molecule is CC(=O)NCCC=Cc1ccc(CCCO)cc1. The van der Waals surface area contributed by atoms with Crippen LogP contribution in [0.3, 0.4) is 0 Å². The Labute approximate surface area is 109 Å². The third-order valence-corrected chi connectivity index (χ3v) is 2.60. The largest absolute Gasteiger partial charge is 0.396 e. The van der Waals surface area contributed by atoms with Gasteiger partial charge in [0.25, 0.3) is 0 Å². The maximum Gasteiger partial charge on any atom is 0.216 e. The van der Waals surface area contributed by atoms with Crippen molar-refractivity contribution in [3.05, 3.63) is 41.5 Å². The van der Waals surface area contributed by atoms with Crippen LogP contribution in [-0.2, 0) is 11.2 Å². The zero-order valence-corrected chi connectivity index (χ0v) is 10.9. The summed E-state index contributed by atoms with van der Waals surface area (Å²) in [5, 5.41) is 11.5. The quantitative estimate of drug-likeness (QED) is 0.725. The van der Waals surface area contributed by atoms with E-state index in [-0.39, 0.29) is 12.5 Å². The van der Waals surface area contributed by atoms with Gasteiger partial charge in [0.15, 0.2) is 0 Å². The molecule has 3 heteroatoms. The van der Waals surface area contributed by atoms with Gasteiger partial charge in [-0.3, -0.25) is 4.79 Å². The normalized spacial score (nSPS) is 10.8. The van der Waals surface area contributed by atoms with E-state index in [1.165, 1.54) is 12.5 Å². The molecule has 0 aromatic heterocycles. The Hall–Kier alpha value is -1.61. The van der Waals surface area contributed by atoms with Crippen molar-refractivity contribution in [1.82, 2.24) is 5.32 Å². The number of aryl methyl sites for hydroxylation is 1. The summed E-state index contributed by atoms with van der Waals surface area (Å²) in [6.07, 6.45) is 6.68. The van der Waals surface area contributed by atoms with Crippen LogP contribution in [0.25, 0.3) is 6.08 Å². The highest BCUT2D eigenvalue weighted by Gasteiger charge is 1.92. The summed E-state index contributed by atoms with van der Waals surface area (Å²) in [5.74, 6) is 0.0108. The lowest BCUT2D eigenvalue weighted by molar-refractivity contribution is -0.118. The molecular weight excluding hydrogens is 226 g/mol. The summed E-state index contributed by atoms with van der Waals surface area (Å²) in [5.41, 5.74) is 2.41. The van der Waals surface area contributed by atoms with E-state index in [2.05, 4.69) is 41.7 Å². The van der Waals surface area contributed by atoms with Gasteiger partial charge < -0.3 is 10.4 Å². The van der Waals surface area contributed by atoms with Crippen LogP contribution in [0.15, 0.2) is 30.3 Å². The number of aliphatic hydroxyl groups excluding tert-OH is 1. The van der Waals surface area contributed by atoms with Crippen molar-refractivity contribution in [1.29, 1.82) is 0 Å². The van der Waals surface area contributed by atoms with Crippen molar-refractivity contribution in [3.8, 4) is 0 Å². The molecule has 0 radical (unpaired) electrons. The van der Waals surface area contributed by atoms with Gasteiger partial charge in [-0.05, 0) is 30.4 Å². The Morgan fingerprint density at radius 3 is 2.67 bits per heavy atom. The zero-order chi connectivity index (χ0) is 13.2. The van der Waals surface area contributed by atoms with E-state index in [0.29, 0.717) is 6.54 Å². The van der Waals surface area contributed by atoms with E-state index < -0.39 is 0 Å². The van der Waals surface area contributed by atoms with Gasteiger partial charge in [0.2, 0.25) is 5.91 Å². The van der Waals surface area contributed by atoms with Crippen LogP contribution < -0.4 is 5.32 Å². The van der Waals surface area contributed by atoms with Gasteiger partial charge in [-0.25, -0.2) is 0 Å². The minimum Gasteiger partial charge on any atom is -0.396 e. The summed E-state index contributed by atoms with van der Waals surface area (Å²) in [6, 6.07) is 8.32. The fourth-order valence-electron chi connectivity index (χ4n) is 1.63. The molecular formula is C15H21NO2. The molecule has 1 amide bonds. The minimum absolute atomic E-state index is 0.0108. The summed E-state index contributed by atoms with van der Waals surface area (Å²) >= 11 is 0. The van der Waals surface area contributed by atoms with E-state index in [1.54, 1.807) is 0 Å². The maximum absolute atomic E-state index is 10.6. The fourth-order valence-corrected chi connectivity index (χ4v) is 1.63. The fraction of sp³-hybridized carbons (Fsp3) is 0.400. The van der Waals surface area contributed by atoms with E-state index in [9.17, 15) is 4.79 Å². The van der Waals surface area contributed by atoms with Crippen LogP contribution in [0.2, 0.25) is 0 Å². The Kier molecular flexibility index (Phi) is 6.81. The van der Waals surface area contributed by atoms with E-state index >= 15 is 0 Å².